The lowest BCUT2D eigenvalue weighted by Gasteiger charge is -2.35. The smallest absolute Gasteiger partial charge is 0.356 e. The predicted molar refractivity (Wildman–Crippen MR) is 88.5 cm³/mol. The molecule has 0 radical (unpaired) electrons. The molecule has 1 aromatic heterocycles. The van der Waals surface area contributed by atoms with E-state index < -0.39 is 5.97 Å². The van der Waals surface area contributed by atoms with E-state index in [4.69, 9.17) is 4.74 Å². The summed E-state index contributed by atoms with van der Waals surface area (Å²) in [6.07, 6.45) is 4.72. The van der Waals surface area contributed by atoms with E-state index in [1.807, 2.05) is 6.07 Å². The molecule has 1 aromatic carbocycles. The van der Waals surface area contributed by atoms with Gasteiger partial charge in [-0.15, -0.1) is 0 Å². The molecular weight excluding hydrogens is 290 g/mol. The molecule has 1 aliphatic rings. The zero-order chi connectivity index (χ0) is 16.3. The molecule has 0 N–H and O–H groups in total. The van der Waals surface area contributed by atoms with Crippen LogP contribution in [0.25, 0.3) is 0 Å². The number of nitrogens with zero attached hydrogens (tertiary/aromatic N) is 3. The van der Waals surface area contributed by atoms with E-state index in [-0.39, 0.29) is 5.54 Å². The van der Waals surface area contributed by atoms with Gasteiger partial charge in [-0.25, -0.2) is 14.8 Å². The zero-order valence-electron chi connectivity index (χ0n) is 13.5. The SMILES string of the molecule is COC(=O)c1ccnc(N2CCCC2(C)Cc2ccccc2)n1. The highest BCUT2D eigenvalue weighted by atomic mass is 16.5. The molecule has 0 aliphatic carbocycles. The highest BCUT2D eigenvalue weighted by Gasteiger charge is 2.38. The first kappa shape index (κ1) is 15.5. The third-order valence-corrected chi connectivity index (χ3v) is 4.46. The van der Waals surface area contributed by atoms with Crippen molar-refractivity contribution in [2.24, 2.45) is 0 Å². The average Bonchev–Trinajstić information content (AvgIpc) is 2.96. The van der Waals surface area contributed by atoms with Crippen molar-refractivity contribution in [3.63, 3.8) is 0 Å². The Hall–Kier alpha value is -2.43. The van der Waals surface area contributed by atoms with Crippen molar-refractivity contribution < 1.29 is 9.53 Å². The van der Waals surface area contributed by atoms with Crippen LogP contribution in [0.2, 0.25) is 0 Å². The molecule has 1 unspecified atom stereocenters. The molecule has 1 aliphatic heterocycles. The summed E-state index contributed by atoms with van der Waals surface area (Å²) < 4.78 is 4.75. The van der Waals surface area contributed by atoms with Crippen molar-refractivity contribution >= 4 is 11.9 Å². The Morgan fingerprint density at radius 1 is 1.30 bits per heavy atom. The van der Waals surface area contributed by atoms with Gasteiger partial charge in [0.2, 0.25) is 5.95 Å². The van der Waals surface area contributed by atoms with Crippen LogP contribution in [-0.2, 0) is 11.2 Å². The van der Waals surface area contributed by atoms with Gasteiger partial charge in [0.1, 0.15) is 0 Å². The Bertz CT molecular complexity index is 690. The number of hydrogen-bond acceptors (Lipinski definition) is 5. The molecular formula is C18H21N3O2. The maximum atomic E-state index is 11.7. The Labute approximate surface area is 136 Å². The fourth-order valence-corrected chi connectivity index (χ4v) is 3.28. The Morgan fingerprint density at radius 2 is 2.09 bits per heavy atom. The predicted octanol–water partition coefficient (Wildman–Crippen LogP) is 2.86. The van der Waals surface area contributed by atoms with Gasteiger partial charge >= 0.3 is 5.97 Å². The van der Waals surface area contributed by atoms with Crippen molar-refractivity contribution in [3.8, 4) is 0 Å². The number of anilines is 1. The molecule has 5 heteroatoms. The van der Waals surface area contributed by atoms with Gasteiger partial charge in [-0.05, 0) is 37.8 Å². The summed E-state index contributed by atoms with van der Waals surface area (Å²) in [7, 11) is 1.36. The molecule has 1 fully saturated rings. The van der Waals surface area contributed by atoms with Crippen LogP contribution in [0.5, 0.6) is 0 Å². The van der Waals surface area contributed by atoms with Gasteiger partial charge in [0.15, 0.2) is 5.69 Å². The highest BCUT2D eigenvalue weighted by molar-refractivity contribution is 5.87. The summed E-state index contributed by atoms with van der Waals surface area (Å²) in [5.74, 6) is 0.168. The maximum Gasteiger partial charge on any atom is 0.356 e. The molecule has 1 saturated heterocycles. The van der Waals surface area contributed by atoms with Crippen molar-refractivity contribution in [2.75, 3.05) is 18.6 Å². The van der Waals surface area contributed by atoms with Crippen LogP contribution in [0.4, 0.5) is 5.95 Å². The Morgan fingerprint density at radius 3 is 2.83 bits per heavy atom. The number of methoxy groups -OCH3 is 1. The van der Waals surface area contributed by atoms with Gasteiger partial charge in [0, 0.05) is 18.3 Å². The molecule has 120 valence electrons. The number of carbonyl (C=O) groups excluding carboxylic acids is 1. The third kappa shape index (κ3) is 3.18. The van der Waals surface area contributed by atoms with E-state index in [0.717, 1.165) is 25.8 Å². The van der Waals surface area contributed by atoms with Crippen LogP contribution in [-0.4, -0.2) is 35.1 Å². The van der Waals surface area contributed by atoms with Crippen molar-refractivity contribution in [1.82, 2.24) is 9.97 Å². The largest absolute Gasteiger partial charge is 0.464 e. The number of esters is 1. The summed E-state index contributed by atoms with van der Waals surface area (Å²) >= 11 is 0. The van der Waals surface area contributed by atoms with Crippen LogP contribution in [0.3, 0.4) is 0 Å². The molecule has 0 amide bonds. The fourth-order valence-electron chi connectivity index (χ4n) is 3.28. The van der Waals surface area contributed by atoms with Crippen LogP contribution in [0, 0.1) is 0 Å². The lowest BCUT2D eigenvalue weighted by Crippen LogP contribution is -2.44. The van der Waals surface area contributed by atoms with Crippen LogP contribution >= 0.6 is 0 Å². The van der Waals surface area contributed by atoms with E-state index in [9.17, 15) is 4.79 Å². The quantitative estimate of drug-likeness (QED) is 0.813. The molecule has 2 aromatic rings. The second-order valence-corrected chi connectivity index (χ2v) is 6.15. The van der Waals surface area contributed by atoms with Crippen molar-refractivity contribution in [1.29, 1.82) is 0 Å². The van der Waals surface area contributed by atoms with Gasteiger partial charge in [-0.1, -0.05) is 30.3 Å². The minimum absolute atomic E-state index is 0.0455. The minimum Gasteiger partial charge on any atom is -0.464 e. The molecule has 23 heavy (non-hydrogen) atoms. The molecule has 1 atom stereocenters. The zero-order valence-corrected chi connectivity index (χ0v) is 13.5. The van der Waals surface area contributed by atoms with Crippen LogP contribution in [0.15, 0.2) is 42.6 Å². The van der Waals surface area contributed by atoms with E-state index in [1.54, 1.807) is 12.3 Å². The molecule has 2 heterocycles. The number of aromatic nitrogens is 2. The maximum absolute atomic E-state index is 11.7. The number of hydrogen-bond donors (Lipinski definition) is 0. The van der Waals surface area contributed by atoms with Gasteiger partial charge in [-0.2, -0.15) is 0 Å². The molecule has 0 spiro atoms. The Kier molecular flexibility index (Phi) is 4.28. The number of carbonyl (C=O) groups is 1. The van der Waals surface area contributed by atoms with E-state index in [1.165, 1.54) is 12.7 Å². The molecule has 0 saturated carbocycles. The summed E-state index contributed by atoms with van der Waals surface area (Å²) in [5, 5.41) is 0. The van der Waals surface area contributed by atoms with Gasteiger partial charge < -0.3 is 9.64 Å². The summed E-state index contributed by atoms with van der Waals surface area (Å²) in [6, 6.07) is 12.0. The second-order valence-electron chi connectivity index (χ2n) is 6.15. The normalized spacial score (nSPS) is 20.5. The lowest BCUT2D eigenvalue weighted by atomic mass is 9.90. The average molecular weight is 311 g/mol. The summed E-state index contributed by atoms with van der Waals surface area (Å²) in [5.41, 5.74) is 1.55. The minimum atomic E-state index is -0.433. The van der Waals surface area contributed by atoms with Gasteiger partial charge in [0.05, 0.1) is 7.11 Å². The Balaban J connectivity index is 1.88. The van der Waals surface area contributed by atoms with Crippen LogP contribution in [0.1, 0.15) is 35.8 Å². The first-order valence-electron chi connectivity index (χ1n) is 7.85. The standard InChI is InChI=1S/C18H21N3O2/c1-18(13-14-7-4-3-5-8-14)10-6-12-21(18)17-19-11-9-15(20-17)16(22)23-2/h3-5,7-9,11H,6,10,12-13H2,1-2H3. The van der Waals surface area contributed by atoms with E-state index in [2.05, 4.69) is 46.1 Å². The summed E-state index contributed by atoms with van der Waals surface area (Å²) in [6.45, 7) is 3.13. The topological polar surface area (TPSA) is 55.3 Å². The lowest BCUT2D eigenvalue weighted by molar-refractivity contribution is 0.0594. The number of rotatable bonds is 4. The molecule has 0 bridgehead atoms. The van der Waals surface area contributed by atoms with Crippen molar-refractivity contribution in [3.05, 3.63) is 53.9 Å². The first-order chi connectivity index (χ1) is 11.1. The fraction of sp³-hybridized carbons (Fsp3) is 0.389. The number of benzene rings is 1. The highest BCUT2D eigenvalue weighted by Crippen LogP contribution is 2.34. The summed E-state index contributed by atoms with van der Waals surface area (Å²) in [4.78, 5) is 22.7. The molecule has 5 nitrogen and oxygen atoms in total. The van der Waals surface area contributed by atoms with E-state index >= 15 is 0 Å². The van der Waals surface area contributed by atoms with Crippen molar-refractivity contribution in [2.45, 2.75) is 31.7 Å². The van der Waals surface area contributed by atoms with Crippen LogP contribution < -0.4 is 4.90 Å². The second kappa shape index (κ2) is 6.36. The molecule has 3 rings (SSSR count). The van der Waals surface area contributed by atoms with Gasteiger partial charge in [-0.3, -0.25) is 0 Å². The first-order valence-corrected chi connectivity index (χ1v) is 7.85. The number of ether oxygens (including phenoxy) is 1. The van der Waals surface area contributed by atoms with E-state index in [0.29, 0.717) is 11.6 Å². The monoisotopic (exact) mass is 311 g/mol. The van der Waals surface area contributed by atoms with Gasteiger partial charge in [0.25, 0.3) is 0 Å². The third-order valence-electron chi connectivity index (χ3n) is 4.46.